The van der Waals surface area contributed by atoms with E-state index in [1.165, 1.54) is 0 Å². The van der Waals surface area contributed by atoms with Crippen molar-refractivity contribution in [3.63, 3.8) is 0 Å². The number of aromatic nitrogens is 2. The van der Waals surface area contributed by atoms with Crippen LogP contribution >= 0.6 is 0 Å². The first kappa shape index (κ1) is 18.2. The van der Waals surface area contributed by atoms with E-state index in [1.54, 1.807) is 6.07 Å². The van der Waals surface area contributed by atoms with Gasteiger partial charge in [-0.2, -0.15) is 4.98 Å². The molecular formula is C20H20N4O4. The molecule has 28 heavy (non-hydrogen) atoms. The number of carbonyl (C=O) groups is 1. The van der Waals surface area contributed by atoms with E-state index >= 15 is 0 Å². The Balaban J connectivity index is 1.44. The average molecular weight is 380 g/mol. The van der Waals surface area contributed by atoms with Gasteiger partial charge in [0, 0.05) is 37.1 Å². The average Bonchev–Trinajstić information content (AvgIpc) is 3.09. The van der Waals surface area contributed by atoms with Gasteiger partial charge in [0.2, 0.25) is 5.82 Å². The van der Waals surface area contributed by atoms with Crippen LogP contribution in [0.2, 0.25) is 0 Å². The monoisotopic (exact) mass is 380 g/mol. The second kappa shape index (κ2) is 7.44. The molecule has 2 aliphatic heterocycles. The van der Waals surface area contributed by atoms with Gasteiger partial charge >= 0.3 is 5.97 Å². The minimum Gasteiger partial charge on any atom is -0.490 e. The van der Waals surface area contributed by atoms with E-state index in [0.717, 1.165) is 37.1 Å². The molecule has 0 aliphatic carbocycles. The molecule has 0 radical (unpaired) electrons. The Bertz CT molecular complexity index is 961. The van der Waals surface area contributed by atoms with E-state index in [0.29, 0.717) is 23.7 Å². The standard InChI is InChI=1S/C20H20N4O4/c1-12-18(21-2)22-17(10-25)23-19(12)24-7-5-14(6-8-24)28-15-4-3-13-11-27-20(26)16(13)9-15/h3-4,9,14,25H,5-8,10-11H2,1H3. The Morgan fingerprint density at radius 1 is 1.36 bits per heavy atom. The van der Waals surface area contributed by atoms with Gasteiger partial charge in [0.25, 0.3) is 5.82 Å². The van der Waals surface area contributed by atoms with Gasteiger partial charge in [0.05, 0.1) is 5.56 Å². The summed E-state index contributed by atoms with van der Waals surface area (Å²) in [7, 11) is 0. The predicted molar refractivity (Wildman–Crippen MR) is 100 cm³/mol. The molecule has 0 spiro atoms. The molecule has 0 unspecified atom stereocenters. The summed E-state index contributed by atoms with van der Waals surface area (Å²) in [6.45, 7) is 10.6. The number of hydrogen-bond donors (Lipinski definition) is 1. The van der Waals surface area contributed by atoms with Crippen molar-refractivity contribution in [2.24, 2.45) is 0 Å². The highest BCUT2D eigenvalue weighted by Gasteiger charge is 2.26. The molecule has 8 heteroatoms. The van der Waals surface area contributed by atoms with Crippen molar-refractivity contribution in [1.82, 2.24) is 9.97 Å². The number of piperidine rings is 1. The van der Waals surface area contributed by atoms with Crippen LogP contribution in [0.3, 0.4) is 0 Å². The third kappa shape index (κ3) is 3.37. The summed E-state index contributed by atoms with van der Waals surface area (Å²) in [5.74, 6) is 1.60. The highest BCUT2D eigenvalue weighted by molar-refractivity contribution is 5.93. The maximum Gasteiger partial charge on any atom is 0.339 e. The van der Waals surface area contributed by atoms with Crippen LogP contribution in [0.1, 0.15) is 40.2 Å². The number of cyclic esters (lactones) is 1. The Kier molecular flexibility index (Phi) is 4.84. The zero-order valence-corrected chi connectivity index (χ0v) is 15.5. The molecule has 2 aliphatic rings. The molecule has 1 N–H and O–H groups in total. The lowest BCUT2D eigenvalue weighted by Crippen LogP contribution is -2.39. The lowest BCUT2D eigenvalue weighted by Gasteiger charge is -2.33. The fourth-order valence-corrected chi connectivity index (χ4v) is 3.57. The Labute approximate surface area is 162 Å². The number of aliphatic hydroxyl groups excluding tert-OH is 1. The molecule has 2 aromatic rings. The first-order valence-corrected chi connectivity index (χ1v) is 9.16. The number of rotatable bonds is 4. The number of anilines is 1. The molecular weight excluding hydrogens is 360 g/mol. The van der Waals surface area contributed by atoms with Gasteiger partial charge in [-0.1, -0.05) is 12.6 Å². The molecule has 4 rings (SSSR count). The van der Waals surface area contributed by atoms with E-state index in [9.17, 15) is 9.90 Å². The Hall–Kier alpha value is -3.18. The van der Waals surface area contributed by atoms with Gasteiger partial charge in [-0.3, -0.25) is 0 Å². The summed E-state index contributed by atoms with van der Waals surface area (Å²) in [6, 6.07) is 5.50. The van der Waals surface area contributed by atoms with Crippen LogP contribution < -0.4 is 9.64 Å². The minimum absolute atomic E-state index is 0.0338. The van der Waals surface area contributed by atoms with E-state index < -0.39 is 0 Å². The van der Waals surface area contributed by atoms with Crippen molar-refractivity contribution < 1.29 is 19.4 Å². The molecule has 0 bridgehead atoms. The lowest BCUT2D eigenvalue weighted by atomic mass is 10.1. The second-order valence-electron chi connectivity index (χ2n) is 6.88. The molecule has 8 nitrogen and oxygen atoms in total. The maximum absolute atomic E-state index is 11.7. The van der Waals surface area contributed by atoms with Crippen molar-refractivity contribution in [3.8, 4) is 5.75 Å². The summed E-state index contributed by atoms with van der Waals surface area (Å²) in [5.41, 5.74) is 2.19. The Morgan fingerprint density at radius 2 is 2.14 bits per heavy atom. The van der Waals surface area contributed by atoms with Crippen LogP contribution in [-0.2, 0) is 18.0 Å². The van der Waals surface area contributed by atoms with Crippen molar-refractivity contribution in [2.75, 3.05) is 18.0 Å². The van der Waals surface area contributed by atoms with Gasteiger partial charge < -0.3 is 24.3 Å². The Morgan fingerprint density at radius 3 is 2.86 bits per heavy atom. The molecule has 1 aromatic heterocycles. The summed E-state index contributed by atoms with van der Waals surface area (Å²) in [4.78, 5) is 25.7. The van der Waals surface area contributed by atoms with E-state index in [-0.39, 0.29) is 30.3 Å². The van der Waals surface area contributed by atoms with Gasteiger partial charge in [-0.15, -0.1) is 4.98 Å². The van der Waals surface area contributed by atoms with Gasteiger partial charge in [-0.05, 0) is 19.1 Å². The van der Waals surface area contributed by atoms with E-state index in [1.807, 2.05) is 19.1 Å². The number of nitrogens with zero attached hydrogens (tertiary/aromatic N) is 4. The summed E-state index contributed by atoms with van der Waals surface area (Å²) >= 11 is 0. The van der Waals surface area contributed by atoms with E-state index in [4.69, 9.17) is 16.0 Å². The number of carbonyl (C=O) groups excluding carboxylic acids is 1. The third-order valence-electron chi connectivity index (χ3n) is 5.09. The fraction of sp³-hybridized carbons (Fsp3) is 0.400. The summed E-state index contributed by atoms with van der Waals surface area (Å²) in [5, 5.41) is 9.36. The quantitative estimate of drug-likeness (QED) is 0.644. The third-order valence-corrected chi connectivity index (χ3v) is 5.09. The zero-order chi connectivity index (χ0) is 19.7. The van der Waals surface area contributed by atoms with E-state index in [2.05, 4.69) is 19.7 Å². The van der Waals surface area contributed by atoms with Crippen molar-refractivity contribution in [2.45, 2.75) is 39.1 Å². The first-order valence-electron chi connectivity index (χ1n) is 9.16. The SMILES string of the molecule is [C-]#[N+]c1nc(CO)nc(N2CCC(Oc3ccc4c(c3)C(=O)OC4)CC2)c1C. The molecule has 1 fully saturated rings. The van der Waals surface area contributed by atoms with Crippen LogP contribution in [0.5, 0.6) is 5.75 Å². The zero-order valence-electron chi connectivity index (χ0n) is 15.5. The number of aliphatic hydroxyl groups is 1. The van der Waals surface area contributed by atoms with Crippen LogP contribution in [0.25, 0.3) is 4.85 Å². The normalized spacial score (nSPS) is 16.5. The number of hydrogen-bond acceptors (Lipinski definition) is 7. The second-order valence-corrected chi connectivity index (χ2v) is 6.88. The largest absolute Gasteiger partial charge is 0.490 e. The number of esters is 1. The smallest absolute Gasteiger partial charge is 0.339 e. The number of fused-ring (bicyclic) bond motifs is 1. The first-order chi connectivity index (χ1) is 13.6. The minimum atomic E-state index is -0.301. The van der Waals surface area contributed by atoms with Crippen LogP contribution in [-0.4, -0.2) is 40.2 Å². The van der Waals surface area contributed by atoms with Gasteiger partial charge in [0.1, 0.15) is 30.9 Å². The van der Waals surface area contributed by atoms with Gasteiger partial charge in [0.15, 0.2) is 0 Å². The molecule has 144 valence electrons. The van der Waals surface area contributed by atoms with Crippen molar-refractivity contribution in [3.05, 3.63) is 52.1 Å². The van der Waals surface area contributed by atoms with Crippen LogP contribution in [0.15, 0.2) is 18.2 Å². The van der Waals surface area contributed by atoms with Crippen LogP contribution in [0.4, 0.5) is 11.6 Å². The predicted octanol–water partition coefficient (Wildman–Crippen LogP) is 2.55. The molecule has 1 aromatic carbocycles. The van der Waals surface area contributed by atoms with Crippen molar-refractivity contribution in [1.29, 1.82) is 0 Å². The summed E-state index contributed by atoms with van der Waals surface area (Å²) in [6.07, 6.45) is 1.60. The van der Waals surface area contributed by atoms with Crippen LogP contribution in [0, 0.1) is 13.5 Å². The van der Waals surface area contributed by atoms with Gasteiger partial charge in [-0.25, -0.2) is 4.79 Å². The molecule has 3 heterocycles. The number of ether oxygens (including phenoxy) is 2. The summed E-state index contributed by atoms with van der Waals surface area (Å²) < 4.78 is 11.1. The molecule has 0 amide bonds. The highest BCUT2D eigenvalue weighted by Crippen LogP contribution is 2.30. The molecule has 0 atom stereocenters. The van der Waals surface area contributed by atoms with Crippen molar-refractivity contribution >= 4 is 17.6 Å². The topological polar surface area (TPSA) is 89.1 Å². The molecule has 1 saturated heterocycles. The lowest BCUT2D eigenvalue weighted by molar-refractivity contribution is 0.0534. The highest BCUT2D eigenvalue weighted by atomic mass is 16.5. The number of benzene rings is 1. The fourth-order valence-electron chi connectivity index (χ4n) is 3.57. The molecule has 0 saturated carbocycles. The maximum atomic E-state index is 11.7.